The third-order valence-electron chi connectivity index (χ3n) is 17.8. The topological polar surface area (TPSA) is 231 Å². The third kappa shape index (κ3) is 87.1. The fraction of sp³-hybridized carbons (Fsp3) is 0.632. The molecule has 5 atom stereocenters. The number of esters is 3. The zero-order valence-electron chi connectivity index (χ0n) is 70.5. The van der Waals surface area contributed by atoms with E-state index in [1.807, 2.05) is 0 Å². The molecule has 0 saturated carbocycles. The van der Waals surface area contributed by atoms with Gasteiger partial charge in [0.1, 0.15) is 25.4 Å². The van der Waals surface area contributed by atoms with Crippen LogP contribution in [-0.4, -0.2) is 95.9 Å². The van der Waals surface area contributed by atoms with Crippen LogP contribution in [0, 0.1) is 0 Å². The Labute approximate surface area is 687 Å². The maximum Gasteiger partial charge on any atom is 0.472 e. The van der Waals surface area contributed by atoms with E-state index in [1.165, 1.54) is 64.2 Å². The van der Waals surface area contributed by atoms with E-state index in [4.69, 9.17) is 32.3 Å². The second-order valence-electron chi connectivity index (χ2n) is 28.5. The lowest BCUT2D eigenvalue weighted by molar-refractivity contribution is -0.161. The van der Waals surface area contributed by atoms with Crippen LogP contribution in [0.15, 0.2) is 194 Å². The number of ether oxygens (including phenoxy) is 3. The van der Waals surface area contributed by atoms with Gasteiger partial charge in [0.2, 0.25) is 0 Å². The third-order valence-corrected chi connectivity index (χ3v) is 19.7. The molecule has 0 aromatic rings. The Morgan fingerprint density at radius 1 is 0.248 bits per heavy atom. The highest BCUT2D eigenvalue weighted by Crippen LogP contribution is 2.45. The molecule has 4 N–H and O–H groups in total. The fourth-order valence-electron chi connectivity index (χ4n) is 11.3. The number of aliphatic hydroxyl groups excluding tert-OH is 2. The minimum absolute atomic E-state index is 0.0781. The summed E-state index contributed by atoms with van der Waals surface area (Å²) in [6, 6.07) is 0. The lowest BCUT2D eigenvalue weighted by Crippen LogP contribution is -2.30. The monoisotopic (exact) mass is 1620 g/mol. The first-order valence-corrected chi connectivity index (χ1v) is 46.7. The molecular formula is C95H156O16P2. The van der Waals surface area contributed by atoms with Gasteiger partial charge >= 0.3 is 33.6 Å². The lowest BCUT2D eigenvalue weighted by atomic mass is 10.0. The average molecular weight is 1620 g/mol. The van der Waals surface area contributed by atoms with Crippen molar-refractivity contribution in [3.05, 3.63) is 194 Å². The fourth-order valence-corrected chi connectivity index (χ4v) is 12.9. The summed E-state index contributed by atoms with van der Waals surface area (Å²) in [5.74, 6) is -1.61. The molecule has 0 bridgehead atoms. The zero-order valence-corrected chi connectivity index (χ0v) is 72.3. The molecule has 0 amide bonds. The van der Waals surface area contributed by atoms with Gasteiger partial charge in [-0.15, -0.1) is 0 Å². The summed E-state index contributed by atoms with van der Waals surface area (Å²) in [4.78, 5) is 58.9. The molecule has 0 heterocycles. The second-order valence-corrected chi connectivity index (χ2v) is 31.5. The van der Waals surface area contributed by atoms with Gasteiger partial charge in [-0.3, -0.25) is 32.5 Å². The maximum absolute atomic E-state index is 13.0. The average Bonchev–Trinajstić information content (AvgIpc) is 0.900. The van der Waals surface area contributed by atoms with E-state index < -0.39 is 91.5 Å². The van der Waals surface area contributed by atoms with E-state index in [1.54, 1.807) is 0 Å². The molecule has 0 radical (unpaired) electrons. The number of carbonyl (C=O) groups excluding carboxylic acids is 3. The van der Waals surface area contributed by atoms with Crippen LogP contribution in [0.25, 0.3) is 0 Å². The minimum Gasteiger partial charge on any atom is -0.463 e. The summed E-state index contributed by atoms with van der Waals surface area (Å²) in [7, 11) is -9.82. The standard InChI is InChI=1S/C95H156O16P2/c1-4-7-10-13-16-19-22-25-28-31-34-36-38-40-41-42-43-44-45-46-47-49-51-52-55-57-60-63-66-69-72-75-78-81-93(98)105-84-90(96)85-107-112(101,102)108-86-91(97)87-109-113(103,104)110-89-92(111-95(100)83-80-77-74-71-68-65-62-59-54-33-30-27-24-21-18-15-12-9-6-3)88-106-94(99)82-79-76-73-70-67-64-61-58-56-53-50-48-39-37-35-32-29-26-23-20-17-14-11-8-5-2/h7-12,16-21,25-30,34-37,40-41,43-44,48,50,54,56,58-59,90-92,96-97H,4-6,13-15,22-24,31-33,38-39,42,45-47,49,51-53,55,57,60-89H2,1-3H3,(H,101,102)(H,103,104)/b10-7-,11-8-,12-9-,19-16-,20-17-,21-18-,28-25-,29-26-,30-27-,36-34-,37-35-,41-40-,44-43-,50-48-,58-56-,59-54-. The first-order valence-electron chi connectivity index (χ1n) is 43.7. The number of allylic oxidation sites excluding steroid dienone is 32. The molecule has 16 nitrogen and oxygen atoms in total. The highest BCUT2D eigenvalue weighted by Gasteiger charge is 2.29. The molecule has 0 spiro atoms. The van der Waals surface area contributed by atoms with Gasteiger partial charge in [0.15, 0.2) is 6.10 Å². The van der Waals surface area contributed by atoms with Gasteiger partial charge in [-0.25, -0.2) is 9.13 Å². The Morgan fingerprint density at radius 2 is 0.442 bits per heavy atom. The van der Waals surface area contributed by atoms with E-state index in [9.17, 15) is 43.5 Å². The number of hydrogen-bond donors (Lipinski definition) is 4. The molecule has 0 saturated heterocycles. The first kappa shape index (κ1) is 107. The second kappa shape index (κ2) is 85.8. The minimum atomic E-state index is -4.95. The molecule has 18 heteroatoms. The van der Waals surface area contributed by atoms with Crippen molar-refractivity contribution < 1.29 is 75.8 Å². The van der Waals surface area contributed by atoms with Crippen molar-refractivity contribution in [3.8, 4) is 0 Å². The highest BCUT2D eigenvalue weighted by molar-refractivity contribution is 7.47. The van der Waals surface area contributed by atoms with Gasteiger partial charge in [-0.05, 0) is 161 Å². The maximum atomic E-state index is 13.0. The van der Waals surface area contributed by atoms with Crippen LogP contribution in [-0.2, 0) is 55.8 Å². The van der Waals surface area contributed by atoms with E-state index in [2.05, 4.69) is 215 Å². The molecule has 0 aromatic carbocycles. The molecule has 113 heavy (non-hydrogen) atoms. The summed E-state index contributed by atoms with van der Waals surface area (Å²) in [6.07, 6.45) is 113. The van der Waals surface area contributed by atoms with Crippen molar-refractivity contribution in [1.29, 1.82) is 0 Å². The van der Waals surface area contributed by atoms with Gasteiger partial charge in [-0.2, -0.15) is 0 Å². The van der Waals surface area contributed by atoms with Gasteiger partial charge in [-0.1, -0.05) is 344 Å². The van der Waals surface area contributed by atoms with Gasteiger partial charge in [0, 0.05) is 19.3 Å². The van der Waals surface area contributed by atoms with Crippen LogP contribution < -0.4 is 0 Å². The van der Waals surface area contributed by atoms with Crippen LogP contribution in [0.3, 0.4) is 0 Å². The molecule has 642 valence electrons. The van der Waals surface area contributed by atoms with Crippen LogP contribution in [0.1, 0.15) is 329 Å². The van der Waals surface area contributed by atoms with Crippen molar-refractivity contribution in [2.75, 3.05) is 39.6 Å². The van der Waals surface area contributed by atoms with Crippen molar-refractivity contribution >= 4 is 33.6 Å². The predicted octanol–water partition coefficient (Wildman–Crippen LogP) is 26.7. The van der Waals surface area contributed by atoms with Gasteiger partial charge in [0.25, 0.3) is 0 Å². The van der Waals surface area contributed by atoms with Crippen LogP contribution in [0.2, 0.25) is 0 Å². The first-order chi connectivity index (χ1) is 55.2. The van der Waals surface area contributed by atoms with Crippen molar-refractivity contribution in [1.82, 2.24) is 0 Å². The smallest absolute Gasteiger partial charge is 0.463 e. The molecule has 0 aliphatic carbocycles. The quantitative estimate of drug-likeness (QED) is 0.0146. The highest BCUT2D eigenvalue weighted by atomic mass is 31.2. The summed E-state index contributed by atoms with van der Waals surface area (Å²) < 4.78 is 61.3. The Balaban J connectivity index is 4.59. The number of unbranched alkanes of at least 4 members (excludes halogenated alkanes) is 26. The van der Waals surface area contributed by atoms with E-state index in [-0.39, 0.29) is 19.3 Å². The molecule has 5 unspecified atom stereocenters. The van der Waals surface area contributed by atoms with Crippen LogP contribution in [0.5, 0.6) is 0 Å². The Hall–Kier alpha value is -5.61. The number of rotatable bonds is 81. The SMILES string of the molecule is CC/C=C\C/C=C\C/C=C\C/C=C\C/C=C\C/C=C\CCCCCCCCCCCCCCCCC(=O)OCC(O)COP(=O)(O)OCC(O)COP(=O)(O)OCC(COC(=O)CCCCCCCC/C=C\C/C=C\C/C=C\C/C=C\C/C=C\C/C=C\CC)OC(=O)CCCCCCCC/C=C\C/C=C\C/C=C\C/C=C\CC. The van der Waals surface area contributed by atoms with Crippen molar-refractivity contribution in [2.24, 2.45) is 0 Å². The number of carbonyl (C=O) groups is 3. The normalized spacial score (nSPS) is 14.8. The summed E-state index contributed by atoms with van der Waals surface area (Å²) in [5.41, 5.74) is 0. The molecule has 0 aliphatic rings. The Morgan fingerprint density at radius 3 is 0.699 bits per heavy atom. The molecular weight excluding hydrogens is 1460 g/mol. The van der Waals surface area contributed by atoms with Crippen molar-refractivity contribution in [3.63, 3.8) is 0 Å². The Kier molecular flexibility index (Phi) is 81.5. The number of phosphoric ester groups is 2. The van der Waals surface area contributed by atoms with Gasteiger partial charge < -0.3 is 34.2 Å². The largest absolute Gasteiger partial charge is 0.472 e. The summed E-state index contributed by atoms with van der Waals surface area (Å²) in [6.45, 7) is 2.31. The van der Waals surface area contributed by atoms with Crippen LogP contribution in [0.4, 0.5) is 0 Å². The molecule has 0 aliphatic heterocycles. The predicted molar refractivity (Wildman–Crippen MR) is 472 cm³/mol. The van der Waals surface area contributed by atoms with E-state index in [0.29, 0.717) is 19.3 Å². The number of hydrogen-bond acceptors (Lipinski definition) is 14. The molecule has 0 aromatic heterocycles. The molecule has 0 fully saturated rings. The summed E-state index contributed by atoms with van der Waals surface area (Å²) in [5, 5.41) is 20.7. The number of aliphatic hydroxyl groups is 2. The van der Waals surface area contributed by atoms with E-state index >= 15 is 0 Å². The van der Waals surface area contributed by atoms with Gasteiger partial charge in [0.05, 0.1) is 26.4 Å². The Bertz CT molecular complexity index is 2830. The van der Waals surface area contributed by atoms with Crippen LogP contribution >= 0.6 is 15.6 Å². The van der Waals surface area contributed by atoms with E-state index in [0.717, 1.165) is 205 Å². The van der Waals surface area contributed by atoms with Crippen molar-refractivity contribution in [2.45, 2.75) is 347 Å². The summed E-state index contributed by atoms with van der Waals surface area (Å²) >= 11 is 0. The lowest BCUT2D eigenvalue weighted by Gasteiger charge is -2.21. The molecule has 0 rings (SSSR count). The number of phosphoric acid groups is 2. The zero-order chi connectivity index (χ0) is 82.2.